The highest BCUT2D eigenvalue weighted by molar-refractivity contribution is 6.26. The lowest BCUT2D eigenvalue weighted by Gasteiger charge is -2.22. The third-order valence-corrected chi connectivity index (χ3v) is 11.3. The van der Waals surface area contributed by atoms with Gasteiger partial charge in [-0.1, -0.05) is 129 Å². The Bertz CT molecular complexity index is 3010. The SMILES string of the molecule is CC1(C)c2ccccc2-c2ccc(-n3c4cc5c6c7ccccc7ccc6n(-c6ccccc6)c5cc4c4ccc5ccccc5c43)cc21. The number of nitrogens with zero attached hydrogens (tertiary/aromatic N) is 2. The first-order chi connectivity index (χ1) is 24.1. The van der Waals surface area contributed by atoms with E-state index in [0.717, 1.165) is 0 Å². The maximum atomic E-state index is 2.54. The second kappa shape index (κ2) is 9.49. The Morgan fingerprint density at radius 2 is 1.04 bits per heavy atom. The molecule has 2 heteroatoms. The van der Waals surface area contributed by atoms with E-state index in [-0.39, 0.29) is 5.41 Å². The molecule has 0 amide bonds. The standard InChI is InChI=1S/C47H32N2/c1-47(2)40-19-11-10-18-35(40)36-24-22-32(26-41(36)47)49-43-28-39-44(27-38(43)37-23-20-30-13-7-9-17-34(30)46(37)49)48(31-14-4-3-5-15-31)42-25-21-29-12-6-8-16-33(29)45(39)42/h3-28H,1-2H3. The van der Waals surface area contributed by atoms with Gasteiger partial charge < -0.3 is 9.13 Å². The first-order valence-corrected chi connectivity index (χ1v) is 17.2. The van der Waals surface area contributed by atoms with Crippen molar-refractivity contribution in [3.63, 3.8) is 0 Å². The van der Waals surface area contributed by atoms with Crippen LogP contribution in [0.2, 0.25) is 0 Å². The molecule has 10 aromatic rings. The van der Waals surface area contributed by atoms with E-state index < -0.39 is 0 Å². The third kappa shape index (κ3) is 3.50. The normalized spacial score (nSPS) is 13.7. The molecule has 2 heterocycles. The molecule has 0 saturated heterocycles. The summed E-state index contributed by atoms with van der Waals surface area (Å²) in [5.74, 6) is 0. The van der Waals surface area contributed by atoms with Gasteiger partial charge in [0.15, 0.2) is 0 Å². The molecule has 11 rings (SSSR count). The zero-order chi connectivity index (χ0) is 32.4. The van der Waals surface area contributed by atoms with Gasteiger partial charge in [0.05, 0.1) is 22.1 Å². The zero-order valence-electron chi connectivity index (χ0n) is 27.4. The first kappa shape index (κ1) is 26.9. The molecular weight excluding hydrogens is 593 g/mol. The smallest absolute Gasteiger partial charge is 0.0619 e. The van der Waals surface area contributed by atoms with Crippen molar-refractivity contribution >= 4 is 65.2 Å². The molecule has 0 N–H and O–H groups in total. The summed E-state index contributed by atoms with van der Waals surface area (Å²) in [7, 11) is 0. The summed E-state index contributed by atoms with van der Waals surface area (Å²) >= 11 is 0. The van der Waals surface area contributed by atoms with Crippen molar-refractivity contribution in [2.75, 3.05) is 0 Å². The van der Waals surface area contributed by atoms with Crippen LogP contribution in [0, 0.1) is 0 Å². The van der Waals surface area contributed by atoms with E-state index in [9.17, 15) is 0 Å². The first-order valence-electron chi connectivity index (χ1n) is 17.2. The van der Waals surface area contributed by atoms with Crippen molar-refractivity contribution in [1.82, 2.24) is 9.13 Å². The molecule has 1 aliphatic rings. The van der Waals surface area contributed by atoms with Gasteiger partial charge in [-0.15, -0.1) is 0 Å². The van der Waals surface area contributed by atoms with Gasteiger partial charge in [0.1, 0.15) is 0 Å². The molecule has 0 spiro atoms. The Morgan fingerprint density at radius 1 is 0.388 bits per heavy atom. The summed E-state index contributed by atoms with van der Waals surface area (Å²) in [5, 5.41) is 10.2. The number of hydrogen-bond donors (Lipinski definition) is 0. The average Bonchev–Trinajstić information content (AvgIpc) is 3.74. The van der Waals surface area contributed by atoms with Crippen LogP contribution in [0.3, 0.4) is 0 Å². The van der Waals surface area contributed by atoms with E-state index in [0.29, 0.717) is 0 Å². The molecule has 0 unspecified atom stereocenters. The fourth-order valence-electron chi connectivity index (χ4n) is 9.01. The summed E-state index contributed by atoms with van der Waals surface area (Å²) in [6.45, 7) is 4.74. The minimum Gasteiger partial charge on any atom is -0.309 e. The van der Waals surface area contributed by atoms with Crippen molar-refractivity contribution in [3.05, 3.63) is 169 Å². The van der Waals surface area contributed by atoms with Gasteiger partial charge in [0.2, 0.25) is 0 Å². The topological polar surface area (TPSA) is 9.86 Å². The van der Waals surface area contributed by atoms with Crippen LogP contribution in [0.15, 0.2) is 158 Å². The molecule has 0 saturated carbocycles. The summed E-state index contributed by atoms with van der Waals surface area (Å²) in [6.07, 6.45) is 0. The number of rotatable bonds is 2. The molecule has 0 atom stereocenters. The minimum absolute atomic E-state index is 0.0853. The van der Waals surface area contributed by atoms with Crippen LogP contribution in [0.25, 0.3) is 87.7 Å². The molecule has 49 heavy (non-hydrogen) atoms. The fourth-order valence-corrected chi connectivity index (χ4v) is 9.01. The maximum absolute atomic E-state index is 2.54. The molecule has 0 bridgehead atoms. The van der Waals surface area contributed by atoms with Crippen molar-refractivity contribution in [2.24, 2.45) is 0 Å². The zero-order valence-corrected chi connectivity index (χ0v) is 27.4. The second-order valence-corrected chi connectivity index (χ2v) is 14.2. The average molecular weight is 625 g/mol. The third-order valence-electron chi connectivity index (χ3n) is 11.3. The van der Waals surface area contributed by atoms with Gasteiger partial charge in [-0.05, 0) is 80.9 Å². The molecule has 0 radical (unpaired) electrons. The Kier molecular flexibility index (Phi) is 5.21. The lowest BCUT2D eigenvalue weighted by Crippen LogP contribution is -2.15. The van der Waals surface area contributed by atoms with Crippen molar-refractivity contribution in [3.8, 4) is 22.5 Å². The number of para-hydroxylation sites is 1. The van der Waals surface area contributed by atoms with Crippen LogP contribution in [0.5, 0.6) is 0 Å². The van der Waals surface area contributed by atoms with Gasteiger partial charge in [-0.25, -0.2) is 0 Å². The van der Waals surface area contributed by atoms with Crippen LogP contribution in [-0.2, 0) is 5.41 Å². The predicted molar refractivity (Wildman–Crippen MR) is 208 cm³/mol. The molecule has 0 aliphatic heterocycles. The molecular formula is C47H32N2. The van der Waals surface area contributed by atoms with Crippen LogP contribution in [-0.4, -0.2) is 9.13 Å². The lowest BCUT2D eigenvalue weighted by molar-refractivity contribution is 0.660. The molecule has 2 aromatic heterocycles. The highest BCUT2D eigenvalue weighted by Crippen LogP contribution is 2.50. The highest BCUT2D eigenvalue weighted by atomic mass is 15.0. The summed E-state index contributed by atoms with van der Waals surface area (Å²) < 4.78 is 5.00. The number of benzene rings is 8. The maximum Gasteiger partial charge on any atom is 0.0619 e. The second-order valence-electron chi connectivity index (χ2n) is 14.2. The molecule has 0 fully saturated rings. The van der Waals surface area contributed by atoms with Crippen LogP contribution >= 0.6 is 0 Å². The van der Waals surface area contributed by atoms with Gasteiger partial charge in [0, 0.05) is 43.7 Å². The van der Waals surface area contributed by atoms with Crippen molar-refractivity contribution < 1.29 is 0 Å². The Hall–Kier alpha value is -6.12. The van der Waals surface area contributed by atoms with Crippen molar-refractivity contribution in [2.45, 2.75) is 19.3 Å². The van der Waals surface area contributed by atoms with Gasteiger partial charge in [0.25, 0.3) is 0 Å². The van der Waals surface area contributed by atoms with Gasteiger partial charge in [-0.2, -0.15) is 0 Å². The van der Waals surface area contributed by atoms with Crippen LogP contribution < -0.4 is 0 Å². The Labute approximate surface area is 284 Å². The van der Waals surface area contributed by atoms with E-state index >= 15 is 0 Å². The Morgan fingerprint density at radius 3 is 1.90 bits per heavy atom. The number of aromatic nitrogens is 2. The highest BCUT2D eigenvalue weighted by Gasteiger charge is 2.35. The van der Waals surface area contributed by atoms with Gasteiger partial charge in [-0.3, -0.25) is 0 Å². The quantitative estimate of drug-likeness (QED) is 0.181. The fraction of sp³-hybridized carbons (Fsp3) is 0.0638. The van der Waals surface area contributed by atoms with Crippen molar-refractivity contribution in [1.29, 1.82) is 0 Å². The summed E-state index contributed by atoms with van der Waals surface area (Å²) in [6, 6.07) is 58.6. The molecule has 2 nitrogen and oxygen atoms in total. The van der Waals surface area contributed by atoms with E-state index in [1.807, 2.05) is 0 Å². The Balaban J connectivity index is 1.32. The monoisotopic (exact) mass is 624 g/mol. The van der Waals surface area contributed by atoms with E-state index in [1.165, 1.54) is 98.8 Å². The van der Waals surface area contributed by atoms with E-state index in [4.69, 9.17) is 0 Å². The largest absolute Gasteiger partial charge is 0.309 e. The van der Waals surface area contributed by atoms with Gasteiger partial charge >= 0.3 is 0 Å². The summed E-state index contributed by atoms with van der Waals surface area (Å²) in [5.41, 5.74) is 12.7. The van der Waals surface area contributed by atoms with Crippen LogP contribution in [0.1, 0.15) is 25.0 Å². The number of fused-ring (bicyclic) bond motifs is 13. The molecule has 1 aliphatic carbocycles. The molecule has 230 valence electrons. The van der Waals surface area contributed by atoms with E-state index in [1.54, 1.807) is 0 Å². The molecule has 8 aromatic carbocycles. The lowest BCUT2D eigenvalue weighted by atomic mass is 9.82. The predicted octanol–water partition coefficient (Wildman–Crippen LogP) is 12.5. The summed E-state index contributed by atoms with van der Waals surface area (Å²) in [4.78, 5) is 0. The van der Waals surface area contributed by atoms with E-state index in [2.05, 4.69) is 181 Å². The van der Waals surface area contributed by atoms with Crippen LogP contribution in [0.4, 0.5) is 0 Å². The number of hydrogen-bond acceptors (Lipinski definition) is 0. The minimum atomic E-state index is -0.0853.